The Hall–Kier alpha value is -0.620. The van der Waals surface area contributed by atoms with Crippen molar-refractivity contribution in [3.8, 4) is 0 Å². The van der Waals surface area contributed by atoms with Crippen LogP contribution in [-0.2, 0) is 12.6 Å². The summed E-state index contributed by atoms with van der Waals surface area (Å²) in [6, 6.07) is 0.599. The molecule has 2 fully saturated rings. The van der Waals surface area contributed by atoms with Crippen LogP contribution in [0.5, 0.6) is 0 Å². The number of nitrogens with one attached hydrogen (secondary N) is 1. The van der Waals surface area contributed by atoms with Crippen molar-refractivity contribution in [2.75, 3.05) is 6.54 Å². The average molecular weight is 290 g/mol. The van der Waals surface area contributed by atoms with Crippen LogP contribution in [0, 0.1) is 11.8 Å². The second-order valence-corrected chi connectivity index (χ2v) is 6.47. The first kappa shape index (κ1) is 13.4. The summed E-state index contributed by atoms with van der Waals surface area (Å²) in [4.78, 5) is 3.65. The van der Waals surface area contributed by atoms with Gasteiger partial charge in [-0.1, -0.05) is 0 Å². The number of halogens is 3. The lowest BCUT2D eigenvalue weighted by atomic mass is 10.1. The van der Waals surface area contributed by atoms with Gasteiger partial charge in [-0.15, -0.1) is 11.3 Å². The molecule has 0 unspecified atom stereocenters. The molecule has 1 N–H and O–H groups in total. The third-order valence-electron chi connectivity index (χ3n) is 3.82. The van der Waals surface area contributed by atoms with Crippen molar-refractivity contribution in [3.05, 3.63) is 16.1 Å². The Morgan fingerprint density at radius 1 is 1.26 bits per heavy atom. The van der Waals surface area contributed by atoms with E-state index in [2.05, 4.69) is 10.3 Å². The van der Waals surface area contributed by atoms with Crippen molar-refractivity contribution in [2.45, 2.75) is 44.3 Å². The summed E-state index contributed by atoms with van der Waals surface area (Å²) in [6.07, 6.45) is 1.52. The van der Waals surface area contributed by atoms with Gasteiger partial charge in [0.15, 0.2) is 5.69 Å². The first-order chi connectivity index (χ1) is 9.04. The molecular weight excluding hydrogens is 273 g/mol. The van der Waals surface area contributed by atoms with Gasteiger partial charge in [0.25, 0.3) is 0 Å². The van der Waals surface area contributed by atoms with Gasteiger partial charge >= 0.3 is 6.18 Å². The van der Waals surface area contributed by atoms with E-state index in [9.17, 15) is 13.2 Å². The molecule has 0 aliphatic heterocycles. The first-order valence-corrected chi connectivity index (χ1v) is 7.67. The minimum Gasteiger partial charge on any atom is -0.313 e. The summed E-state index contributed by atoms with van der Waals surface area (Å²) < 4.78 is 37.2. The molecule has 3 rings (SSSR count). The molecule has 0 saturated heterocycles. The zero-order valence-electron chi connectivity index (χ0n) is 10.5. The number of nitrogens with zero attached hydrogens (tertiary/aromatic N) is 1. The lowest BCUT2D eigenvalue weighted by Gasteiger charge is -2.16. The highest BCUT2D eigenvalue weighted by Gasteiger charge is 2.41. The number of aromatic nitrogens is 1. The lowest BCUT2D eigenvalue weighted by Crippen LogP contribution is -2.34. The van der Waals surface area contributed by atoms with E-state index in [1.54, 1.807) is 0 Å². The first-order valence-electron chi connectivity index (χ1n) is 6.79. The van der Waals surface area contributed by atoms with E-state index in [4.69, 9.17) is 0 Å². The predicted octanol–water partition coefficient (Wildman–Crippen LogP) is 3.48. The molecule has 2 nitrogen and oxygen atoms in total. The molecule has 1 heterocycles. The van der Waals surface area contributed by atoms with E-state index < -0.39 is 11.9 Å². The molecule has 2 aliphatic carbocycles. The summed E-state index contributed by atoms with van der Waals surface area (Å²) in [5.41, 5.74) is -0.756. The molecule has 106 valence electrons. The van der Waals surface area contributed by atoms with Crippen molar-refractivity contribution in [1.82, 2.24) is 10.3 Å². The van der Waals surface area contributed by atoms with Gasteiger partial charge in [0.05, 0.1) is 5.01 Å². The predicted molar refractivity (Wildman–Crippen MR) is 68.1 cm³/mol. The molecular formula is C13H17F3N2S. The van der Waals surface area contributed by atoms with Gasteiger partial charge in [-0.25, -0.2) is 4.98 Å². The molecule has 1 aromatic heterocycles. The third-order valence-corrected chi connectivity index (χ3v) is 4.73. The number of alkyl halides is 3. The highest BCUT2D eigenvalue weighted by molar-refractivity contribution is 7.09. The van der Waals surface area contributed by atoms with E-state index in [0.717, 1.165) is 35.1 Å². The van der Waals surface area contributed by atoms with E-state index in [-0.39, 0.29) is 0 Å². The number of rotatable bonds is 6. The molecule has 2 aliphatic rings. The Bertz CT molecular complexity index is 423. The topological polar surface area (TPSA) is 24.9 Å². The fourth-order valence-electron chi connectivity index (χ4n) is 2.53. The quantitative estimate of drug-likeness (QED) is 0.867. The average Bonchev–Trinajstić information content (AvgIpc) is 3.24. The molecule has 0 radical (unpaired) electrons. The molecule has 0 atom stereocenters. The van der Waals surface area contributed by atoms with Crippen molar-refractivity contribution in [3.63, 3.8) is 0 Å². The van der Waals surface area contributed by atoms with Gasteiger partial charge < -0.3 is 5.32 Å². The van der Waals surface area contributed by atoms with Crippen molar-refractivity contribution in [2.24, 2.45) is 11.8 Å². The van der Waals surface area contributed by atoms with Crippen LogP contribution in [0.25, 0.3) is 0 Å². The minimum absolute atomic E-state index is 0.574. The Labute approximate surface area is 114 Å². The standard InChI is InChI=1S/C13H17F3N2S/c14-13(15,16)10-7-19-11(18-10)5-6-17-12(8-1-2-8)9-3-4-9/h7-9,12,17H,1-6H2. The monoisotopic (exact) mass is 290 g/mol. The van der Waals surface area contributed by atoms with Crippen LogP contribution >= 0.6 is 11.3 Å². The summed E-state index contributed by atoms with van der Waals surface area (Å²) in [5, 5.41) is 5.21. The van der Waals surface area contributed by atoms with Crippen molar-refractivity contribution >= 4 is 11.3 Å². The number of thiazole rings is 1. The Balaban J connectivity index is 1.47. The second-order valence-electron chi connectivity index (χ2n) is 5.53. The molecule has 6 heteroatoms. The second kappa shape index (κ2) is 5.05. The van der Waals surface area contributed by atoms with Crippen LogP contribution in [0.1, 0.15) is 36.4 Å². The number of hydrogen-bond donors (Lipinski definition) is 1. The van der Waals surface area contributed by atoms with Gasteiger partial charge in [0.1, 0.15) is 0 Å². The lowest BCUT2D eigenvalue weighted by molar-refractivity contribution is -0.140. The van der Waals surface area contributed by atoms with Crippen molar-refractivity contribution in [1.29, 1.82) is 0 Å². The van der Waals surface area contributed by atoms with Crippen LogP contribution in [-0.4, -0.2) is 17.6 Å². The van der Waals surface area contributed by atoms with E-state index in [0.29, 0.717) is 17.5 Å². The summed E-state index contributed by atoms with van der Waals surface area (Å²) >= 11 is 1.11. The van der Waals surface area contributed by atoms with Crippen LogP contribution in [0.2, 0.25) is 0 Å². The van der Waals surface area contributed by atoms with Gasteiger partial charge in [-0.2, -0.15) is 13.2 Å². The van der Waals surface area contributed by atoms with Crippen LogP contribution in [0.3, 0.4) is 0 Å². The van der Waals surface area contributed by atoms with Crippen LogP contribution in [0.15, 0.2) is 5.38 Å². The number of hydrogen-bond acceptors (Lipinski definition) is 3. The Morgan fingerprint density at radius 2 is 1.89 bits per heavy atom. The Morgan fingerprint density at radius 3 is 2.37 bits per heavy atom. The summed E-state index contributed by atoms with van der Waals surface area (Å²) in [5.74, 6) is 1.63. The third kappa shape index (κ3) is 3.48. The van der Waals surface area contributed by atoms with Gasteiger partial charge in [0, 0.05) is 24.4 Å². The largest absolute Gasteiger partial charge is 0.434 e. The fraction of sp³-hybridized carbons (Fsp3) is 0.769. The Kier molecular flexibility index (Phi) is 3.55. The fourth-order valence-corrected chi connectivity index (χ4v) is 3.34. The van der Waals surface area contributed by atoms with Gasteiger partial charge in [-0.05, 0) is 37.5 Å². The van der Waals surface area contributed by atoms with Crippen LogP contribution < -0.4 is 5.32 Å². The molecule has 0 spiro atoms. The molecule has 2 saturated carbocycles. The zero-order chi connectivity index (χ0) is 13.5. The normalized spacial score (nSPS) is 20.2. The molecule has 1 aromatic rings. The molecule has 19 heavy (non-hydrogen) atoms. The maximum Gasteiger partial charge on any atom is 0.434 e. The van der Waals surface area contributed by atoms with Gasteiger partial charge in [0.2, 0.25) is 0 Å². The highest BCUT2D eigenvalue weighted by atomic mass is 32.1. The molecule has 0 amide bonds. The molecule has 0 aromatic carbocycles. The maximum atomic E-state index is 12.4. The molecule has 0 bridgehead atoms. The smallest absolute Gasteiger partial charge is 0.313 e. The summed E-state index contributed by atoms with van der Waals surface area (Å²) in [7, 11) is 0. The van der Waals surface area contributed by atoms with E-state index in [1.807, 2.05) is 0 Å². The van der Waals surface area contributed by atoms with E-state index in [1.165, 1.54) is 25.7 Å². The van der Waals surface area contributed by atoms with Crippen molar-refractivity contribution < 1.29 is 13.2 Å². The van der Waals surface area contributed by atoms with Crippen LogP contribution in [0.4, 0.5) is 13.2 Å². The maximum absolute atomic E-state index is 12.4. The summed E-state index contributed by atoms with van der Waals surface area (Å²) in [6.45, 7) is 0.739. The SMILES string of the molecule is FC(F)(F)c1csc(CCNC(C2CC2)C2CC2)n1. The van der Waals surface area contributed by atoms with E-state index >= 15 is 0 Å². The zero-order valence-corrected chi connectivity index (χ0v) is 11.4. The van der Waals surface area contributed by atoms with Gasteiger partial charge in [-0.3, -0.25) is 0 Å². The highest BCUT2D eigenvalue weighted by Crippen LogP contribution is 2.44. The minimum atomic E-state index is -4.31.